The molecule has 3 nitrogen and oxygen atoms in total. The first-order valence-electron chi connectivity index (χ1n) is 5.61. The third-order valence-corrected chi connectivity index (χ3v) is 3.13. The number of aromatic hydroxyl groups is 1. The Labute approximate surface area is 119 Å². The van der Waals surface area contributed by atoms with Crippen molar-refractivity contribution >= 4 is 24.8 Å². The molecule has 1 aromatic carbocycles. The molecule has 2 rings (SSSR count). The topological polar surface area (TPSA) is 35.5 Å². The summed E-state index contributed by atoms with van der Waals surface area (Å²) in [5.41, 5.74) is 0.653. The van der Waals surface area contributed by atoms with Crippen LogP contribution in [0, 0.1) is 5.82 Å². The first-order chi connectivity index (χ1) is 7.68. The minimum atomic E-state index is -0.328. The maximum absolute atomic E-state index is 13.7. The monoisotopic (exact) mass is 296 g/mol. The van der Waals surface area contributed by atoms with Crippen LogP contribution in [0.1, 0.15) is 18.5 Å². The summed E-state index contributed by atoms with van der Waals surface area (Å²) >= 11 is 0. The number of benzene rings is 1. The van der Waals surface area contributed by atoms with E-state index in [1.54, 1.807) is 6.07 Å². The highest BCUT2D eigenvalue weighted by molar-refractivity contribution is 5.85. The zero-order valence-corrected chi connectivity index (χ0v) is 11.9. The first-order valence-corrected chi connectivity index (χ1v) is 5.61. The van der Waals surface area contributed by atoms with E-state index < -0.39 is 0 Å². The molecule has 1 aliphatic rings. The largest absolute Gasteiger partial charge is 0.508 e. The second-order valence-corrected chi connectivity index (χ2v) is 4.17. The summed E-state index contributed by atoms with van der Waals surface area (Å²) in [4.78, 5) is 2.24. The Bertz CT molecular complexity index is 373. The quantitative estimate of drug-likeness (QED) is 0.879. The number of nitrogens with zero attached hydrogens (tertiary/aromatic N) is 1. The van der Waals surface area contributed by atoms with Crippen LogP contribution in [0.15, 0.2) is 18.2 Å². The third-order valence-electron chi connectivity index (χ3n) is 3.13. The number of piperazine rings is 1. The zero-order valence-electron chi connectivity index (χ0n) is 10.2. The Morgan fingerprint density at radius 3 is 2.44 bits per heavy atom. The van der Waals surface area contributed by atoms with Gasteiger partial charge in [-0.3, -0.25) is 4.90 Å². The van der Waals surface area contributed by atoms with E-state index in [-0.39, 0.29) is 42.4 Å². The summed E-state index contributed by atoms with van der Waals surface area (Å²) < 4.78 is 13.7. The van der Waals surface area contributed by atoms with Gasteiger partial charge in [-0.25, -0.2) is 4.39 Å². The molecule has 1 atom stereocenters. The Morgan fingerprint density at radius 1 is 1.28 bits per heavy atom. The number of rotatable bonds is 2. The van der Waals surface area contributed by atoms with Crippen molar-refractivity contribution in [2.75, 3.05) is 26.2 Å². The van der Waals surface area contributed by atoms with Crippen LogP contribution in [0.5, 0.6) is 5.75 Å². The number of hydrogen-bond acceptors (Lipinski definition) is 3. The van der Waals surface area contributed by atoms with Crippen LogP contribution in [0.25, 0.3) is 0 Å². The van der Waals surface area contributed by atoms with Gasteiger partial charge in [-0.05, 0) is 13.0 Å². The Kier molecular flexibility index (Phi) is 7.55. The van der Waals surface area contributed by atoms with Crippen LogP contribution < -0.4 is 5.32 Å². The Morgan fingerprint density at radius 2 is 1.89 bits per heavy atom. The molecule has 104 valence electrons. The second-order valence-electron chi connectivity index (χ2n) is 4.17. The molecule has 0 saturated carbocycles. The second kappa shape index (κ2) is 7.79. The number of phenols is 1. The van der Waals surface area contributed by atoms with E-state index in [9.17, 15) is 4.39 Å². The summed E-state index contributed by atoms with van der Waals surface area (Å²) in [5, 5.41) is 12.4. The molecule has 0 aromatic heterocycles. The molecule has 1 aliphatic heterocycles. The highest BCUT2D eigenvalue weighted by atomic mass is 35.5. The maximum atomic E-state index is 13.7. The smallest absolute Gasteiger partial charge is 0.131 e. The lowest BCUT2D eigenvalue weighted by atomic mass is 10.1. The molecule has 0 unspecified atom stereocenters. The fourth-order valence-electron chi connectivity index (χ4n) is 2.12. The average molecular weight is 297 g/mol. The van der Waals surface area contributed by atoms with Gasteiger partial charge in [-0.1, -0.05) is 6.07 Å². The summed E-state index contributed by atoms with van der Waals surface area (Å²) in [6, 6.07) is 4.44. The SMILES string of the molecule is C[C@H](c1ccc(O)cc1F)N1CCNCC1.Cl.Cl. The van der Waals surface area contributed by atoms with Gasteiger partial charge in [0, 0.05) is 43.9 Å². The van der Waals surface area contributed by atoms with Crippen LogP contribution in [-0.4, -0.2) is 36.2 Å². The first kappa shape index (κ1) is 17.4. The molecule has 0 bridgehead atoms. The molecule has 0 aliphatic carbocycles. The van der Waals surface area contributed by atoms with Gasteiger partial charge in [-0.2, -0.15) is 0 Å². The van der Waals surface area contributed by atoms with Crippen LogP contribution in [0.3, 0.4) is 0 Å². The summed E-state index contributed by atoms with van der Waals surface area (Å²) in [5.74, 6) is -0.347. The van der Waals surface area contributed by atoms with Gasteiger partial charge in [0.25, 0.3) is 0 Å². The van der Waals surface area contributed by atoms with Crippen molar-refractivity contribution in [2.24, 2.45) is 0 Å². The van der Waals surface area contributed by atoms with Crippen molar-refractivity contribution < 1.29 is 9.50 Å². The number of phenolic OH excluding ortho intramolecular Hbond substituents is 1. The van der Waals surface area contributed by atoms with Crippen LogP contribution >= 0.6 is 24.8 Å². The average Bonchev–Trinajstić information content (AvgIpc) is 2.29. The van der Waals surface area contributed by atoms with Crippen molar-refractivity contribution in [1.29, 1.82) is 0 Å². The normalized spacial score (nSPS) is 17.4. The van der Waals surface area contributed by atoms with Crippen LogP contribution in [0.2, 0.25) is 0 Å². The van der Waals surface area contributed by atoms with Crippen LogP contribution in [0.4, 0.5) is 4.39 Å². The lowest BCUT2D eigenvalue weighted by Gasteiger charge is -2.33. The van der Waals surface area contributed by atoms with Crippen molar-refractivity contribution in [2.45, 2.75) is 13.0 Å². The fraction of sp³-hybridized carbons (Fsp3) is 0.500. The minimum absolute atomic E-state index is 0. The molecule has 1 heterocycles. The maximum Gasteiger partial charge on any atom is 0.131 e. The Balaban J connectivity index is 0.00000144. The predicted octanol–water partition coefficient (Wildman–Crippen LogP) is 2.34. The molecule has 0 spiro atoms. The summed E-state index contributed by atoms with van der Waals surface area (Å²) in [7, 11) is 0. The fourth-order valence-corrected chi connectivity index (χ4v) is 2.12. The number of halogens is 3. The van der Waals surface area contributed by atoms with Gasteiger partial charge in [-0.15, -0.1) is 24.8 Å². The minimum Gasteiger partial charge on any atom is -0.508 e. The molecular formula is C12H19Cl2FN2O. The van der Waals surface area contributed by atoms with Gasteiger partial charge >= 0.3 is 0 Å². The van der Waals surface area contributed by atoms with E-state index in [1.807, 2.05) is 6.92 Å². The standard InChI is InChI=1S/C12H17FN2O.2ClH/c1-9(15-6-4-14-5-7-15)11-3-2-10(16)8-12(11)13;;/h2-3,8-9,14,16H,4-7H2,1H3;2*1H/t9-;;/m1../s1. The van der Waals surface area contributed by atoms with Gasteiger partial charge in [0.2, 0.25) is 0 Å². The zero-order chi connectivity index (χ0) is 11.5. The molecule has 6 heteroatoms. The lowest BCUT2D eigenvalue weighted by molar-refractivity contribution is 0.182. The molecule has 1 aromatic rings. The van der Waals surface area contributed by atoms with Crippen molar-refractivity contribution in [1.82, 2.24) is 10.2 Å². The molecule has 0 radical (unpaired) electrons. The highest BCUT2D eigenvalue weighted by Gasteiger charge is 2.20. The predicted molar refractivity (Wildman–Crippen MR) is 75.4 cm³/mol. The van der Waals surface area contributed by atoms with Gasteiger partial charge in [0.05, 0.1) is 0 Å². The van der Waals surface area contributed by atoms with E-state index in [0.29, 0.717) is 5.56 Å². The summed E-state index contributed by atoms with van der Waals surface area (Å²) in [6.45, 7) is 5.76. The molecule has 1 fully saturated rings. The van der Waals surface area contributed by atoms with E-state index in [2.05, 4.69) is 10.2 Å². The van der Waals surface area contributed by atoms with E-state index >= 15 is 0 Å². The van der Waals surface area contributed by atoms with Gasteiger partial charge in [0.15, 0.2) is 0 Å². The molecule has 18 heavy (non-hydrogen) atoms. The summed E-state index contributed by atoms with van der Waals surface area (Å²) in [6.07, 6.45) is 0. The highest BCUT2D eigenvalue weighted by Crippen LogP contribution is 2.25. The number of nitrogens with one attached hydrogen (secondary N) is 1. The Hall–Kier alpha value is -0.550. The molecule has 0 amide bonds. The van der Waals surface area contributed by atoms with E-state index in [1.165, 1.54) is 12.1 Å². The van der Waals surface area contributed by atoms with E-state index in [4.69, 9.17) is 5.11 Å². The molecule has 1 saturated heterocycles. The third kappa shape index (κ3) is 3.99. The number of hydrogen-bond donors (Lipinski definition) is 2. The van der Waals surface area contributed by atoms with Crippen LogP contribution in [-0.2, 0) is 0 Å². The lowest BCUT2D eigenvalue weighted by Crippen LogP contribution is -2.44. The molecule has 2 N–H and O–H groups in total. The molecular weight excluding hydrogens is 278 g/mol. The van der Waals surface area contributed by atoms with Crippen molar-refractivity contribution in [3.8, 4) is 5.75 Å². The van der Waals surface area contributed by atoms with E-state index in [0.717, 1.165) is 26.2 Å². The van der Waals surface area contributed by atoms with Crippen molar-refractivity contribution in [3.05, 3.63) is 29.6 Å². The van der Waals surface area contributed by atoms with Gasteiger partial charge < -0.3 is 10.4 Å². The van der Waals surface area contributed by atoms with Crippen molar-refractivity contribution in [3.63, 3.8) is 0 Å². The van der Waals surface area contributed by atoms with Gasteiger partial charge in [0.1, 0.15) is 11.6 Å².